The fourth-order valence-electron chi connectivity index (χ4n) is 1.71. The summed E-state index contributed by atoms with van der Waals surface area (Å²) in [6, 6.07) is 3.07. The van der Waals surface area contributed by atoms with Crippen molar-refractivity contribution in [1.82, 2.24) is 15.1 Å². The molecule has 2 rings (SSSR count). The molecule has 0 radical (unpaired) electrons. The molecule has 2 N–H and O–H groups in total. The summed E-state index contributed by atoms with van der Waals surface area (Å²) in [5.41, 5.74) is 0.647. The minimum atomic E-state index is -0.986. The molecule has 0 aromatic carbocycles. The molecule has 7 heteroatoms. The zero-order valence-corrected chi connectivity index (χ0v) is 12.5. The number of carbonyl (C=O) groups is 1. The highest BCUT2D eigenvalue weighted by atomic mass is 16.5. The van der Waals surface area contributed by atoms with Gasteiger partial charge in [-0.1, -0.05) is 25.9 Å². The molecule has 0 amide bonds. The van der Waals surface area contributed by atoms with Crippen LogP contribution in [0.3, 0.4) is 0 Å². The quantitative estimate of drug-likeness (QED) is 0.891. The molecular formula is C14H18N4O3. The summed E-state index contributed by atoms with van der Waals surface area (Å²) < 4.78 is 4.99. The highest BCUT2D eigenvalue weighted by Crippen LogP contribution is 2.23. The number of anilines is 1. The molecule has 2 aromatic heterocycles. The Kier molecular flexibility index (Phi) is 3.93. The Hall–Kier alpha value is -2.44. The van der Waals surface area contributed by atoms with Crippen LogP contribution < -0.4 is 5.32 Å². The van der Waals surface area contributed by atoms with Crippen molar-refractivity contribution in [2.24, 2.45) is 0 Å². The van der Waals surface area contributed by atoms with Gasteiger partial charge in [-0.2, -0.15) is 4.98 Å². The van der Waals surface area contributed by atoms with Gasteiger partial charge in [0.1, 0.15) is 5.82 Å². The molecule has 0 bridgehead atoms. The third-order valence-corrected chi connectivity index (χ3v) is 2.83. The number of aromatic nitrogens is 3. The van der Waals surface area contributed by atoms with Gasteiger partial charge in [0.25, 0.3) is 0 Å². The van der Waals surface area contributed by atoms with Crippen molar-refractivity contribution in [2.45, 2.75) is 39.7 Å². The third kappa shape index (κ3) is 3.77. The van der Waals surface area contributed by atoms with Gasteiger partial charge >= 0.3 is 5.97 Å². The van der Waals surface area contributed by atoms with Gasteiger partial charge in [-0.05, 0) is 19.1 Å². The highest BCUT2D eigenvalue weighted by Gasteiger charge is 2.19. The first-order chi connectivity index (χ1) is 9.75. The Morgan fingerprint density at radius 3 is 2.57 bits per heavy atom. The van der Waals surface area contributed by atoms with Crippen LogP contribution in [0.15, 0.2) is 16.7 Å². The van der Waals surface area contributed by atoms with Crippen molar-refractivity contribution >= 4 is 11.8 Å². The standard InChI is InChI=1S/C14H18N4O3/c1-8-16-12(21-18-8)7-15-11-6-9(13(19)20)5-10(17-11)14(2,3)4/h5-6H,7H2,1-4H3,(H,15,17)(H,19,20). The third-order valence-electron chi connectivity index (χ3n) is 2.83. The highest BCUT2D eigenvalue weighted by molar-refractivity contribution is 5.88. The minimum Gasteiger partial charge on any atom is -0.478 e. The van der Waals surface area contributed by atoms with Crippen molar-refractivity contribution in [3.63, 3.8) is 0 Å². The first kappa shape index (κ1) is 15.0. The van der Waals surface area contributed by atoms with Crippen LogP contribution in [0.5, 0.6) is 0 Å². The zero-order valence-electron chi connectivity index (χ0n) is 12.5. The average molecular weight is 290 g/mol. The molecule has 0 spiro atoms. The van der Waals surface area contributed by atoms with E-state index in [2.05, 4.69) is 20.4 Å². The van der Waals surface area contributed by atoms with Gasteiger partial charge in [0.15, 0.2) is 5.82 Å². The van der Waals surface area contributed by atoms with Crippen LogP contribution in [0, 0.1) is 6.92 Å². The lowest BCUT2D eigenvalue weighted by Crippen LogP contribution is -2.16. The summed E-state index contributed by atoms with van der Waals surface area (Å²) in [5.74, 6) is 0.456. The smallest absolute Gasteiger partial charge is 0.335 e. The minimum absolute atomic E-state index is 0.194. The van der Waals surface area contributed by atoms with E-state index in [1.54, 1.807) is 13.0 Å². The summed E-state index contributed by atoms with van der Waals surface area (Å²) in [6.07, 6.45) is 0. The van der Waals surface area contributed by atoms with Gasteiger partial charge in [-0.25, -0.2) is 9.78 Å². The largest absolute Gasteiger partial charge is 0.478 e. The SMILES string of the molecule is Cc1noc(CNc2cc(C(=O)O)cc(C(C)(C)C)n2)n1. The summed E-state index contributed by atoms with van der Waals surface area (Å²) in [5, 5.41) is 15.9. The lowest BCUT2D eigenvalue weighted by atomic mass is 9.91. The molecule has 21 heavy (non-hydrogen) atoms. The van der Waals surface area contributed by atoms with E-state index in [4.69, 9.17) is 4.52 Å². The van der Waals surface area contributed by atoms with E-state index in [0.29, 0.717) is 29.8 Å². The number of nitrogens with zero attached hydrogens (tertiary/aromatic N) is 3. The van der Waals surface area contributed by atoms with Crippen LogP contribution in [0.25, 0.3) is 0 Å². The summed E-state index contributed by atoms with van der Waals surface area (Å²) >= 11 is 0. The Labute approximate surface area is 122 Å². The van der Waals surface area contributed by atoms with E-state index < -0.39 is 5.97 Å². The number of aromatic carboxylic acids is 1. The maximum Gasteiger partial charge on any atom is 0.335 e. The van der Waals surface area contributed by atoms with Crippen molar-refractivity contribution < 1.29 is 14.4 Å². The van der Waals surface area contributed by atoms with Crippen LogP contribution in [0.2, 0.25) is 0 Å². The predicted octanol–water partition coefficient (Wildman–Crippen LogP) is 2.38. The molecule has 0 aliphatic rings. The molecule has 0 fully saturated rings. The Balaban J connectivity index is 2.25. The van der Waals surface area contributed by atoms with Crippen molar-refractivity contribution in [1.29, 1.82) is 0 Å². The van der Waals surface area contributed by atoms with Crippen molar-refractivity contribution in [3.05, 3.63) is 35.1 Å². The second kappa shape index (κ2) is 5.51. The molecule has 112 valence electrons. The van der Waals surface area contributed by atoms with Gasteiger partial charge in [-0.3, -0.25) is 0 Å². The number of pyridine rings is 1. The first-order valence-electron chi connectivity index (χ1n) is 6.54. The Morgan fingerprint density at radius 1 is 1.33 bits per heavy atom. The molecule has 7 nitrogen and oxygen atoms in total. The topological polar surface area (TPSA) is 101 Å². The molecule has 0 unspecified atom stereocenters. The Morgan fingerprint density at radius 2 is 2.05 bits per heavy atom. The number of hydrogen-bond donors (Lipinski definition) is 2. The van der Waals surface area contributed by atoms with E-state index in [1.165, 1.54) is 6.07 Å². The van der Waals surface area contributed by atoms with Gasteiger partial charge in [0.05, 0.1) is 12.1 Å². The molecular weight excluding hydrogens is 272 g/mol. The zero-order chi connectivity index (χ0) is 15.6. The molecule has 2 aromatic rings. The number of rotatable bonds is 4. The van der Waals surface area contributed by atoms with Gasteiger partial charge in [0.2, 0.25) is 5.89 Å². The maximum absolute atomic E-state index is 11.2. The van der Waals surface area contributed by atoms with E-state index >= 15 is 0 Å². The lowest BCUT2D eigenvalue weighted by Gasteiger charge is -2.19. The average Bonchev–Trinajstić information content (AvgIpc) is 2.81. The monoisotopic (exact) mass is 290 g/mol. The van der Waals surface area contributed by atoms with Crippen LogP contribution >= 0.6 is 0 Å². The Bertz CT molecular complexity index is 658. The summed E-state index contributed by atoms with van der Waals surface area (Å²) in [4.78, 5) is 19.7. The molecule has 0 saturated heterocycles. The number of aryl methyl sites for hydroxylation is 1. The molecule has 0 aliphatic carbocycles. The van der Waals surface area contributed by atoms with E-state index in [-0.39, 0.29) is 11.0 Å². The number of carboxylic acids is 1. The molecule has 2 heterocycles. The maximum atomic E-state index is 11.2. The van der Waals surface area contributed by atoms with Gasteiger partial charge in [0, 0.05) is 11.1 Å². The summed E-state index contributed by atoms with van der Waals surface area (Å²) in [7, 11) is 0. The molecule has 0 atom stereocenters. The predicted molar refractivity (Wildman–Crippen MR) is 76.3 cm³/mol. The number of nitrogens with one attached hydrogen (secondary N) is 1. The van der Waals surface area contributed by atoms with Gasteiger partial charge in [-0.15, -0.1) is 0 Å². The summed E-state index contributed by atoms with van der Waals surface area (Å²) in [6.45, 7) is 7.96. The fraction of sp³-hybridized carbons (Fsp3) is 0.429. The number of hydrogen-bond acceptors (Lipinski definition) is 6. The second-order valence-electron chi connectivity index (χ2n) is 5.77. The second-order valence-corrected chi connectivity index (χ2v) is 5.77. The van der Waals surface area contributed by atoms with Crippen molar-refractivity contribution in [2.75, 3.05) is 5.32 Å². The van der Waals surface area contributed by atoms with E-state index in [9.17, 15) is 9.90 Å². The van der Waals surface area contributed by atoms with Gasteiger partial charge < -0.3 is 14.9 Å². The van der Waals surface area contributed by atoms with Crippen LogP contribution in [0.4, 0.5) is 5.82 Å². The molecule has 0 aliphatic heterocycles. The first-order valence-corrected chi connectivity index (χ1v) is 6.54. The van der Waals surface area contributed by atoms with Crippen LogP contribution in [-0.2, 0) is 12.0 Å². The van der Waals surface area contributed by atoms with Crippen LogP contribution in [-0.4, -0.2) is 26.2 Å². The van der Waals surface area contributed by atoms with Crippen LogP contribution in [0.1, 0.15) is 48.5 Å². The number of carboxylic acid groups (broad SMARTS) is 1. The van der Waals surface area contributed by atoms with E-state index in [0.717, 1.165) is 0 Å². The van der Waals surface area contributed by atoms with Crippen molar-refractivity contribution in [3.8, 4) is 0 Å². The van der Waals surface area contributed by atoms with E-state index in [1.807, 2.05) is 20.8 Å². The normalized spacial score (nSPS) is 11.4. The lowest BCUT2D eigenvalue weighted by molar-refractivity contribution is 0.0696. The fourth-order valence-corrected chi connectivity index (χ4v) is 1.71. The molecule has 0 saturated carbocycles.